The van der Waals surface area contributed by atoms with E-state index in [2.05, 4.69) is 11.6 Å². The molecule has 2 nitrogen and oxygen atoms in total. The molecule has 0 unspecified atom stereocenters. The fourth-order valence-corrected chi connectivity index (χ4v) is 0.550. The van der Waals surface area contributed by atoms with E-state index in [4.69, 9.17) is 0 Å². The molecule has 0 saturated carbocycles. The molecule has 0 aromatic heterocycles. The third-order valence-corrected chi connectivity index (χ3v) is 1.73. The maximum atomic E-state index is 4.21. The lowest BCUT2D eigenvalue weighted by Crippen LogP contribution is -2.18. The average molecular weight is 158 g/mol. The van der Waals surface area contributed by atoms with E-state index >= 15 is 0 Å². The van der Waals surface area contributed by atoms with Crippen LogP contribution >= 0.6 is 11.8 Å². The van der Waals surface area contributed by atoms with Crippen LogP contribution in [0, 0.1) is 0 Å². The first kappa shape index (κ1) is 9.56. The van der Waals surface area contributed by atoms with Gasteiger partial charge < -0.3 is 4.90 Å². The van der Waals surface area contributed by atoms with Gasteiger partial charge in [-0.15, -0.1) is 11.8 Å². The van der Waals surface area contributed by atoms with Crippen LogP contribution in [0.5, 0.6) is 0 Å². The van der Waals surface area contributed by atoms with Gasteiger partial charge in [0.25, 0.3) is 0 Å². The molecule has 3 heteroatoms. The molecule has 0 amide bonds. The summed E-state index contributed by atoms with van der Waals surface area (Å²) in [6.45, 7) is 5.70. The first-order chi connectivity index (χ1) is 4.57. The number of nitrogens with zero attached hydrogens (tertiary/aromatic N) is 2. The lowest BCUT2D eigenvalue weighted by molar-refractivity contribution is 0.618. The minimum absolute atomic E-state index is 0.853. The van der Waals surface area contributed by atoms with Gasteiger partial charge in [0.1, 0.15) is 5.84 Å². The van der Waals surface area contributed by atoms with Crippen molar-refractivity contribution in [2.24, 2.45) is 4.99 Å². The molecule has 0 saturated heterocycles. The first-order valence-electron chi connectivity index (χ1n) is 3.03. The molecule has 0 aliphatic rings. The maximum Gasteiger partial charge on any atom is 0.102 e. The molecule has 0 aliphatic carbocycles. The Morgan fingerprint density at radius 1 is 1.50 bits per heavy atom. The van der Waals surface area contributed by atoms with Crippen LogP contribution in [0.3, 0.4) is 0 Å². The SMILES string of the molecule is C=C(/N=C(/C)N(C)C)SC. The van der Waals surface area contributed by atoms with Crippen molar-refractivity contribution in [2.45, 2.75) is 6.92 Å². The van der Waals surface area contributed by atoms with Gasteiger partial charge in [-0.05, 0) is 13.2 Å². The van der Waals surface area contributed by atoms with Gasteiger partial charge >= 0.3 is 0 Å². The van der Waals surface area contributed by atoms with Gasteiger partial charge in [-0.2, -0.15) is 0 Å². The highest BCUT2D eigenvalue weighted by Gasteiger charge is 1.92. The molecule has 0 aromatic rings. The third-order valence-electron chi connectivity index (χ3n) is 1.17. The Morgan fingerprint density at radius 2 is 2.00 bits per heavy atom. The summed E-state index contributed by atoms with van der Waals surface area (Å²) >= 11 is 1.56. The molecule has 0 fully saturated rings. The van der Waals surface area contributed by atoms with E-state index in [1.807, 2.05) is 32.2 Å². The molecule has 0 atom stereocenters. The Labute approximate surface area is 67.0 Å². The summed E-state index contributed by atoms with van der Waals surface area (Å²) < 4.78 is 0. The predicted octanol–water partition coefficient (Wildman–Crippen LogP) is 1.80. The fourth-order valence-electron chi connectivity index (χ4n) is 0.326. The number of amidine groups is 1. The van der Waals surface area contributed by atoms with E-state index in [1.54, 1.807) is 11.8 Å². The smallest absolute Gasteiger partial charge is 0.102 e. The average Bonchev–Trinajstić information content (AvgIpc) is 1.87. The molecule has 0 spiro atoms. The molecule has 0 aliphatic heterocycles. The van der Waals surface area contributed by atoms with Crippen LogP contribution < -0.4 is 0 Å². The number of thioether (sulfide) groups is 1. The van der Waals surface area contributed by atoms with Gasteiger partial charge in [-0.1, -0.05) is 6.58 Å². The normalized spacial score (nSPS) is 11.4. The maximum absolute atomic E-state index is 4.21. The molecular formula is C7H14N2S. The second kappa shape index (κ2) is 4.39. The fraction of sp³-hybridized carbons (Fsp3) is 0.571. The van der Waals surface area contributed by atoms with Crippen LogP contribution in [-0.2, 0) is 0 Å². The van der Waals surface area contributed by atoms with Gasteiger partial charge in [0, 0.05) is 14.1 Å². The van der Waals surface area contributed by atoms with Gasteiger partial charge in [0.05, 0.1) is 5.03 Å². The largest absolute Gasteiger partial charge is 0.366 e. The van der Waals surface area contributed by atoms with Crippen LogP contribution in [0.1, 0.15) is 6.92 Å². The molecule has 10 heavy (non-hydrogen) atoms. The van der Waals surface area contributed by atoms with E-state index in [1.165, 1.54) is 0 Å². The first-order valence-corrected chi connectivity index (χ1v) is 4.26. The highest BCUT2D eigenvalue weighted by molar-refractivity contribution is 8.02. The lowest BCUT2D eigenvalue weighted by Gasteiger charge is -2.10. The summed E-state index contributed by atoms with van der Waals surface area (Å²) in [5.41, 5.74) is 0. The van der Waals surface area contributed by atoms with E-state index in [9.17, 15) is 0 Å². The monoisotopic (exact) mass is 158 g/mol. The van der Waals surface area contributed by atoms with Gasteiger partial charge in [0.15, 0.2) is 0 Å². The highest BCUT2D eigenvalue weighted by atomic mass is 32.2. The Morgan fingerprint density at radius 3 is 2.30 bits per heavy atom. The van der Waals surface area contributed by atoms with Crippen LogP contribution in [0.15, 0.2) is 16.6 Å². The number of rotatable bonds is 2. The molecule has 58 valence electrons. The number of hydrogen-bond acceptors (Lipinski definition) is 2. The van der Waals surface area contributed by atoms with Crippen LogP contribution in [-0.4, -0.2) is 31.1 Å². The second-order valence-electron chi connectivity index (χ2n) is 2.15. The zero-order chi connectivity index (χ0) is 8.15. The topological polar surface area (TPSA) is 15.6 Å². The van der Waals surface area contributed by atoms with E-state index in [0.29, 0.717) is 0 Å². The predicted molar refractivity (Wildman–Crippen MR) is 49.5 cm³/mol. The van der Waals surface area contributed by atoms with Crippen LogP contribution in [0.4, 0.5) is 0 Å². The Hall–Kier alpha value is -0.440. The Balaban J connectivity index is 4.03. The minimum Gasteiger partial charge on any atom is -0.366 e. The van der Waals surface area contributed by atoms with Crippen molar-refractivity contribution in [3.05, 3.63) is 11.6 Å². The van der Waals surface area contributed by atoms with Crippen molar-refractivity contribution in [1.82, 2.24) is 4.90 Å². The summed E-state index contributed by atoms with van der Waals surface area (Å²) in [4.78, 5) is 6.17. The zero-order valence-electron chi connectivity index (χ0n) is 7.01. The molecule has 0 radical (unpaired) electrons. The molecule has 0 rings (SSSR count). The van der Waals surface area contributed by atoms with E-state index in [-0.39, 0.29) is 0 Å². The molecule has 0 heterocycles. The Bertz CT molecular complexity index is 150. The van der Waals surface area contributed by atoms with Crippen molar-refractivity contribution in [3.8, 4) is 0 Å². The molecule has 0 bridgehead atoms. The standard InChI is InChI=1S/C7H14N2S/c1-6(9(3)4)8-7(2)10-5/h2H2,1,3-5H3/b8-6-. The third kappa shape index (κ3) is 3.56. The van der Waals surface area contributed by atoms with Crippen molar-refractivity contribution in [2.75, 3.05) is 20.4 Å². The molecular weight excluding hydrogens is 144 g/mol. The van der Waals surface area contributed by atoms with Crippen LogP contribution in [0.25, 0.3) is 0 Å². The van der Waals surface area contributed by atoms with E-state index in [0.717, 1.165) is 10.9 Å². The van der Waals surface area contributed by atoms with Crippen molar-refractivity contribution in [1.29, 1.82) is 0 Å². The summed E-state index contributed by atoms with van der Waals surface area (Å²) in [5, 5.41) is 0.853. The van der Waals surface area contributed by atoms with Crippen molar-refractivity contribution < 1.29 is 0 Å². The summed E-state index contributed by atoms with van der Waals surface area (Å²) in [6.07, 6.45) is 1.97. The Kier molecular flexibility index (Phi) is 4.19. The van der Waals surface area contributed by atoms with Crippen LogP contribution in [0.2, 0.25) is 0 Å². The molecule has 0 aromatic carbocycles. The number of aliphatic imine (C=N–C) groups is 1. The van der Waals surface area contributed by atoms with Gasteiger partial charge in [-0.25, -0.2) is 4.99 Å². The zero-order valence-corrected chi connectivity index (χ0v) is 7.83. The van der Waals surface area contributed by atoms with Crippen molar-refractivity contribution in [3.63, 3.8) is 0 Å². The van der Waals surface area contributed by atoms with E-state index < -0.39 is 0 Å². The van der Waals surface area contributed by atoms with Crippen molar-refractivity contribution >= 4 is 17.6 Å². The minimum atomic E-state index is 0.853. The van der Waals surface area contributed by atoms with Gasteiger partial charge in [0.2, 0.25) is 0 Å². The summed E-state index contributed by atoms with van der Waals surface area (Å²) in [6, 6.07) is 0. The second-order valence-corrected chi connectivity index (χ2v) is 3.03. The highest BCUT2D eigenvalue weighted by Crippen LogP contribution is 2.09. The molecule has 0 N–H and O–H groups in total. The summed E-state index contributed by atoms with van der Waals surface area (Å²) in [5.74, 6) is 0.986. The van der Waals surface area contributed by atoms with Gasteiger partial charge in [-0.3, -0.25) is 0 Å². The number of hydrogen-bond donors (Lipinski definition) is 0. The lowest BCUT2D eigenvalue weighted by atomic mass is 10.6. The summed E-state index contributed by atoms with van der Waals surface area (Å²) in [7, 11) is 3.93. The quantitative estimate of drug-likeness (QED) is 0.450.